The largest absolute Gasteiger partial charge is 0.308 e. The third-order valence-electron chi connectivity index (χ3n) is 11.1. The molecule has 2 heterocycles. The molecule has 8 aromatic carbocycles. The smallest absolute Gasteiger partial charge is 0.166 e. The maximum Gasteiger partial charge on any atom is 0.166 e. The highest BCUT2D eigenvalue weighted by Crippen LogP contribution is 2.41. The molecule has 0 aliphatic carbocycles. The molecule has 0 aliphatic rings. The SMILES string of the molecule is Cc1ccccc1-c1ccc2c3ccc(-c4ccccc4C)cc3n(-c3cc(-c4ccc(F)cc4F)ccc3-c3nc(-c4ccccc4)nc(-c4ccccc4)n3)c2c1. The van der Waals surface area contributed by atoms with E-state index in [1.54, 1.807) is 0 Å². The van der Waals surface area contributed by atoms with Crippen LogP contribution in [-0.2, 0) is 0 Å². The molecule has 6 heteroatoms. The summed E-state index contributed by atoms with van der Waals surface area (Å²) in [6.07, 6.45) is 0. The van der Waals surface area contributed by atoms with E-state index in [1.165, 1.54) is 12.1 Å². The molecule has 4 nitrogen and oxygen atoms in total. The van der Waals surface area contributed by atoms with Crippen molar-refractivity contribution >= 4 is 21.8 Å². The Kier molecular flexibility index (Phi) is 8.95. The number of aryl methyl sites for hydroxylation is 2. The quantitative estimate of drug-likeness (QED) is 0.162. The Morgan fingerprint density at radius 1 is 0.373 bits per heavy atom. The van der Waals surface area contributed by atoms with Gasteiger partial charge in [-0.05, 0) is 89.2 Å². The van der Waals surface area contributed by atoms with Crippen LogP contribution in [-0.4, -0.2) is 19.5 Å². The van der Waals surface area contributed by atoms with Gasteiger partial charge >= 0.3 is 0 Å². The van der Waals surface area contributed by atoms with Gasteiger partial charge in [-0.3, -0.25) is 0 Å². The molecule has 59 heavy (non-hydrogen) atoms. The number of hydrogen-bond donors (Lipinski definition) is 0. The van der Waals surface area contributed by atoms with Crippen molar-refractivity contribution in [1.82, 2.24) is 19.5 Å². The van der Waals surface area contributed by atoms with E-state index in [2.05, 4.69) is 103 Å². The molecular formula is C53H36F2N4. The maximum atomic E-state index is 15.7. The number of hydrogen-bond acceptors (Lipinski definition) is 3. The van der Waals surface area contributed by atoms with E-state index in [9.17, 15) is 4.39 Å². The highest BCUT2D eigenvalue weighted by Gasteiger charge is 2.22. The zero-order valence-electron chi connectivity index (χ0n) is 32.4. The van der Waals surface area contributed by atoms with E-state index in [0.717, 1.165) is 83.6 Å². The Morgan fingerprint density at radius 3 is 1.36 bits per heavy atom. The summed E-state index contributed by atoms with van der Waals surface area (Å²) in [6, 6.07) is 59.2. The van der Waals surface area contributed by atoms with Crippen molar-refractivity contribution in [2.75, 3.05) is 0 Å². The van der Waals surface area contributed by atoms with Gasteiger partial charge in [0, 0.05) is 39.1 Å². The van der Waals surface area contributed by atoms with Gasteiger partial charge in [-0.2, -0.15) is 0 Å². The predicted octanol–water partition coefficient (Wildman–Crippen LogP) is 13.9. The third kappa shape index (κ3) is 6.55. The second-order valence-electron chi connectivity index (χ2n) is 14.8. The summed E-state index contributed by atoms with van der Waals surface area (Å²) in [4.78, 5) is 15.3. The van der Waals surface area contributed by atoms with Crippen molar-refractivity contribution in [2.24, 2.45) is 0 Å². The molecule has 10 rings (SSSR count). The maximum absolute atomic E-state index is 15.7. The average molecular weight is 767 g/mol. The Bertz CT molecular complexity index is 3050. The van der Waals surface area contributed by atoms with Gasteiger partial charge in [-0.15, -0.1) is 0 Å². The molecule has 0 atom stereocenters. The van der Waals surface area contributed by atoms with Crippen LogP contribution >= 0.6 is 0 Å². The number of aromatic nitrogens is 4. The fourth-order valence-electron chi connectivity index (χ4n) is 8.13. The zero-order valence-corrected chi connectivity index (χ0v) is 32.4. The molecule has 0 N–H and O–H groups in total. The summed E-state index contributed by atoms with van der Waals surface area (Å²) < 4.78 is 32.3. The van der Waals surface area contributed by atoms with Crippen LogP contribution in [0.2, 0.25) is 0 Å². The first-order valence-corrected chi connectivity index (χ1v) is 19.6. The van der Waals surface area contributed by atoms with Gasteiger partial charge < -0.3 is 4.57 Å². The Morgan fingerprint density at radius 2 is 0.831 bits per heavy atom. The predicted molar refractivity (Wildman–Crippen MR) is 236 cm³/mol. The molecular weight excluding hydrogens is 731 g/mol. The molecule has 282 valence electrons. The normalized spacial score (nSPS) is 11.4. The molecule has 0 amide bonds. The topological polar surface area (TPSA) is 43.6 Å². The molecule has 0 saturated carbocycles. The van der Waals surface area contributed by atoms with Crippen LogP contribution < -0.4 is 0 Å². The zero-order chi connectivity index (χ0) is 40.0. The lowest BCUT2D eigenvalue weighted by Gasteiger charge is -2.17. The van der Waals surface area contributed by atoms with Crippen molar-refractivity contribution in [3.8, 4) is 73.2 Å². The van der Waals surface area contributed by atoms with E-state index in [-0.39, 0.29) is 5.56 Å². The lowest BCUT2D eigenvalue weighted by atomic mass is 9.98. The lowest BCUT2D eigenvalue weighted by molar-refractivity contribution is 0.585. The summed E-state index contributed by atoms with van der Waals surface area (Å²) in [5.41, 5.74) is 12.7. The van der Waals surface area contributed by atoms with Crippen LogP contribution in [0.4, 0.5) is 8.78 Å². The second kappa shape index (κ2) is 14.7. The monoisotopic (exact) mass is 766 g/mol. The fourth-order valence-corrected chi connectivity index (χ4v) is 8.13. The first-order valence-electron chi connectivity index (χ1n) is 19.6. The van der Waals surface area contributed by atoms with Crippen LogP contribution in [0.1, 0.15) is 11.1 Å². The lowest BCUT2D eigenvalue weighted by Crippen LogP contribution is -2.04. The minimum atomic E-state index is -0.646. The molecule has 0 fully saturated rings. The van der Waals surface area contributed by atoms with Crippen LogP contribution in [0.3, 0.4) is 0 Å². The van der Waals surface area contributed by atoms with Gasteiger partial charge in [0.1, 0.15) is 11.6 Å². The Balaban J connectivity index is 1.33. The number of nitrogens with zero attached hydrogens (tertiary/aromatic N) is 4. The standard InChI is InChI=1S/C53H36F2N4/c1-33-13-9-11-19-41(33)37-21-25-44-45-26-22-38(42-20-12-10-14-34(42)2)30-49(45)59(48(44)29-37)50-31-39(43-28-24-40(54)32-47(43)55)23-27-46(50)53-57-51(35-15-5-3-6-16-35)56-52(58-53)36-17-7-4-8-18-36/h3-32H,1-2H3. The van der Waals surface area contributed by atoms with Gasteiger partial charge in [0.25, 0.3) is 0 Å². The van der Waals surface area contributed by atoms with Crippen molar-refractivity contribution in [3.63, 3.8) is 0 Å². The van der Waals surface area contributed by atoms with Crippen LogP contribution in [0.5, 0.6) is 0 Å². The van der Waals surface area contributed by atoms with E-state index in [1.807, 2.05) is 78.9 Å². The Hall–Kier alpha value is -7.57. The van der Waals surface area contributed by atoms with E-state index < -0.39 is 11.6 Å². The van der Waals surface area contributed by atoms with Crippen LogP contribution in [0, 0.1) is 25.5 Å². The number of halogens is 2. The highest BCUT2D eigenvalue weighted by molar-refractivity contribution is 6.12. The second-order valence-corrected chi connectivity index (χ2v) is 14.8. The van der Waals surface area contributed by atoms with Gasteiger partial charge in [0.15, 0.2) is 17.5 Å². The van der Waals surface area contributed by atoms with E-state index in [4.69, 9.17) is 15.0 Å². The van der Waals surface area contributed by atoms with Crippen LogP contribution in [0.15, 0.2) is 182 Å². The number of rotatable bonds is 7. The Labute approximate surface area is 340 Å². The van der Waals surface area contributed by atoms with Gasteiger partial charge in [0.05, 0.1) is 16.7 Å². The minimum absolute atomic E-state index is 0.284. The van der Waals surface area contributed by atoms with Gasteiger partial charge in [-0.1, -0.05) is 140 Å². The summed E-state index contributed by atoms with van der Waals surface area (Å²) in [5, 5.41) is 2.12. The highest BCUT2D eigenvalue weighted by atomic mass is 19.1. The van der Waals surface area contributed by atoms with Crippen molar-refractivity contribution in [3.05, 3.63) is 205 Å². The summed E-state index contributed by atoms with van der Waals surface area (Å²) in [7, 11) is 0. The molecule has 10 aromatic rings. The molecule has 0 saturated heterocycles. The fraction of sp³-hybridized carbons (Fsp3) is 0.0377. The van der Waals surface area contributed by atoms with E-state index >= 15 is 4.39 Å². The number of benzene rings is 8. The summed E-state index contributed by atoms with van der Waals surface area (Å²) in [5.74, 6) is 0.233. The molecule has 2 aromatic heterocycles. The first kappa shape index (κ1) is 35.8. The molecule has 0 radical (unpaired) electrons. The summed E-state index contributed by atoms with van der Waals surface area (Å²) in [6.45, 7) is 4.25. The minimum Gasteiger partial charge on any atom is -0.308 e. The van der Waals surface area contributed by atoms with E-state index in [0.29, 0.717) is 23.0 Å². The third-order valence-corrected chi connectivity index (χ3v) is 11.1. The number of fused-ring (bicyclic) bond motifs is 3. The molecule has 0 unspecified atom stereocenters. The van der Waals surface area contributed by atoms with Crippen LogP contribution in [0.25, 0.3) is 95.0 Å². The van der Waals surface area contributed by atoms with Crippen molar-refractivity contribution in [1.29, 1.82) is 0 Å². The first-order chi connectivity index (χ1) is 28.9. The molecule has 0 bridgehead atoms. The molecule has 0 aliphatic heterocycles. The summed E-state index contributed by atoms with van der Waals surface area (Å²) >= 11 is 0. The van der Waals surface area contributed by atoms with Gasteiger partial charge in [0.2, 0.25) is 0 Å². The molecule has 0 spiro atoms. The van der Waals surface area contributed by atoms with Crippen molar-refractivity contribution in [2.45, 2.75) is 13.8 Å². The van der Waals surface area contributed by atoms with Gasteiger partial charge in [-0.25, -0.2) is 23.7 Å². The average Bonchev–Trinajstić information content (AvgIpc) is 3.60. The van der Waals surface area contributed by atoms with Crippen molar-refractivity contribution < 1.29 is 8.78 Å².